The van der Waals surface area contributed by atoms with Crippen molar-refractivity contribution in [3.63, 3.8) is 0 Å². The van der Waals surface area contributed by atoms with E-state index in [2.05, 4.69) is 27.0 Å². The highest BCUT2D eigenvalue weighted by Crippen LogP contribution is 2.30. The number of piperidine rings is 1. The van der Waals surface area contributed by atoms with Crippen molar-refractivity contribution >= 4 is 22.8 Å². The maximum Gasteiger partial charge on any atom is 0.255 e. The Morgan fingerprint density at radius 2 is 2.00 bits per heavy atom. The van der Waals surface area contributed by atoms with Crippen LogP contribution < -0.4 is 4.74 Å². The average molecular weight is 420 g/mol. The lowest BCUT2D eigenvalue weighted by Crippen LogP contribution is -2.49. The fourth-order valence-corrected chi connectivity index (χ4v) is 4.59. The summed E-state index contributed by atoms with van der Waals surface area (Å²) in [6.45, 7) is 2.58. The van der Waals surface area contributed by atoms with Crippen molar-refractivity contribution in [1.29, 1.82) is 0 Å². The van der Waals surface area contributed by atoms with Crippen molar-refractivity contribution in [2.24, 2.45) is 0 Å². The van der Waals surface area contributed by atoms with E-state index in [1.807, 2.05) is 22.4 Å². The molecular weight excluding hydrogens is 400 g/mol. The van der Waals surface area contributed by atoms with Crippen molar-refractivity contribution in [2.45, 2.75) is 31.9 Å². The van der Waals surface area contributed by atoms with Crippen LogP contribution >= 0.6 is 11.3 Å². The summed E-state index contributed by atoms with van der Waals surface area (Å²) in [5.41, 5.74) is 1.45. The molecule has 5 rings (SSSR count). The lowest BCUT2D eigenvalue weighted by molar-refractivity contribution is 0.0377. The summed E-state index contributed by atoms with van der Waals surface area (Å²) in [5.74, 6) is 1.09. The number of ether oxygens (including phenoxy) is 1. The molecule has 4 aromatic heterocycles. The van der Waals surface area contributed by atoms with Gasteiger partial charge in [-0.2, -0.15) is 5.10 Å². The van der Waals surface area contributed by atoms with E-state index in [1.54, 1.807) is 41.6 Å². The van der Waals surface area contributed by atoms with Crippen molar-refractivity contribution < 1.29 is 9.53 Å². The molecular formula is C21H20N6O2S. The molecule has 1 saturated heterocycles. The van der Waals surface area contributed by atoms with Crippen LogP contribution in [-0.4, -0.2) is 54.1 Å². The molecule has 0 unspecified atom stereocenters. The van der Waals surface area contributed by atoms with Crippen LogP contribution in [0.3, 0.4) is 0 Å². The predicted octanol–water partition coefficient (Wildman–Crippen LogP) is 3.32. The molecule has 1 fully saturated rings. The van der Waals surface area contributed by atoms with Gasteiger partial charge in [-0.1, -0.05) is 0 Å². The molecule has 0 saturated carbocycles. The quantitative estimate of drug-likeness (QED) is 0.503. The summed E-state index contributed by atoms with van der Waals surface area (Å²) in [5, 5.41) is 6.13. The monoisotopic (exact) mass is 420 g/mol. The Bertz CT molecular complexity index is 1170. The SMILES string of the molecule is C[C@@H]1CC[C@@H](Oc2nccn3nccc23)CN1C(=O)c1ccsc1-c1ncccn1. The third kappa shape index (κ3) is 3.41. The first kappa shape index (κ1) is 18.7. The standard InChI is InChI=1S/C21H20N6O2S/c1-14-3-4-15(29-20-17-5-9-25-27(17)11-10-24-20)13-26(14)21(28)16-6-12-30-18(16)19-22-7-2-8-23-19/h2,5-12,14-15H,3-4,13H2,1H3/t14-,15-/m1/s1. The Labute approximate surface area is 177 Å². The first-order valence-electron chi connectivity index (χ1n) is 9.81. The third-order valence-electron chi connectivity index (χ3n) is 5.33. The van der Waals surface area contributed by atoms with Gasteiger partial charge in [-0.3, -0.25) is 4.79 Å². The summed E-state index contributed by atoms with van der Waals surface area (Å²) in [7, 11) is 0. The Kier molecular flexibility index (Phi) is 4.88. The van der Waals surface area contributed by atoms with E-state index in [-0.39, 0.29) is 18.1 Å². The van der Waals surface area contributed by atoms with Gasteiger partial charge in [-0.15, -0.1) is 11.3 Å². The minimum absolute atomic E-state index is 0.0185. The van der Waals surface area contributed by atoms with E-state index >= 15 is 0 Å². The number of nitrogens with zero attached hydrogens (tertiary/aromatic N) is 6. The van der Waals surface area contributed by atoms with E-state index < -0.39 is 0 Å². The first-order chi connectivity index (χ1) is 14.7. The topological polar surface area (TPSA) is 85.5 Å². The van der Waals surface area contributed by atoms with Gasteiger partial charge in [0, 0.05) is 30.8 Å². The van der Waals surface area contributed by atoms with Gasteiger partial charge in [0.15, 0.2) is 5.82 Å². The number of hydrogen-bond donors (Lipinski definition) is 0. The Morgan fingerprint density at radius 1 is 1.13 bits per heavy atom. The van der Waals surface area contributed by atoms with Crippen LogP contribution in [0.15, 0.2) is 54.6 Å². The number of fused-ring (bicyclic) bond motifs is 1. The van der Waals surface area contributed by atoms with E-state index in [0.29, 0.717) is 23.8 Å². The molecule has 1 aliphatic rings. The molecule has 0 aliphatic carbocycles. The molecule has 9 heteroatoms. The van der Waals surface area contributed by atoms with Gasteiger partial charge in [-0.25, -0.2) is 19.5 Å². The molecule has 30 heavy (non-hydrogen) atoms. The van der Waals surface area contributed by atoms with Crippen LogP contribution in [0.1, 0.15) is 30.1 Å². The molecule has 4 aromatic rings. The zero-order chi connectivity index (χ0) is 20.5. The number of carbonyl (C=O) groups excluding carboxylic acids is 1. The maximum atomic E-state index is 13.4. The number of aromatic nitrogens is 5. The number of rotatable bonds is 4. The summed E-state index contributed by atoms with van der Waals surface area (Å²) in [4.78, 5) is 29.1. The van der Waals surface area contributed by atoms with Crippen LogP contribution in [-0.2, 0) is 0 Å². The fraction of sp³-hybridized carbons (Fsp3) is 0.286. The maximum absolute atomic E-state index is 13.4. The van der Waals surface area contributed by atoms with E-state index in [4.69, 9.17) is 4.74 Å². The van der Waals surface area contributed by atoms with Crippen LogP contribution in [0.5, 0.6) is 5.88 Å². The van der Waals surface area contributed by atoms with Crippen LogP contribution in [0, 0.1) is 0 Å². The normalized spacial score (nSPS) is 19.2. The Balaban J connectivity index is 1.38. The third-order valence-corrected chi connectivity index (χ3v) is 6.24. The summed E-state index contributed by atoms with van der Waals surface area (Å²) >= 11 is 1.48. The highest BCUT2D eigenvalue weighted by atomic mass is 32.1. The summed E-state index contributed by atoms with van der Waals surface area (Å²) in [6.07, 6.45) is 10.1. The fourth-order valence-electron chi connectivity index (χ4n) is 3.76. The number of thiophene rings is 1. The number of amides is 1. The second-order valence-electron chi connectivity index (χ2n) is 7.25. The highest BCUT2D eigenvalue weighted by molar-refractivity contribution is 7.14. The van der Waals surface area contributed by atoms with E-state index in [1.165, 1.54) is 11.3 Å². The summed E-state index contributed by atoms with van der Waals surface area (Å²) in [6, 6.07) is 5.61. The van der Waals surface area contributed by atoms with Crippen molar-refractivity contribution in [1.82, 2.24) is 29.5 Å². The highest BCUT2D eigenvalue weighted by Gasteiger charge is 2.33. The molecule has 0 N–H and O–H groups in total. The molecule has 1 aliphatic heterocycles. The van der Waals surface area contributed by atoms with Crippen LogP contribution in [0.4, 0.5) is 0 Å². The largest absolute Gasteiger partial charge is 0.471 e. The molecule has 0 aromatic carbocycles. The molecule has 152 valence electrons. The number of carbonyl (C=O) groups is 1. The van der Waals surface area contributed by atoms with Gasteiger partial charge < -0.3 is 9.64 Å². The zero-order valence-corrected chi connectivity index (χ0v) is 17.2. The lowest BCUT2D eigenvalue weighted by Gasteiger charge is -2.37. The molecule has 0 bridgehead atoms. The lowest BCUT2D eigenvalue weighted by atomic mass is 10.00. The minimum Gasteiger partial charge on any atom is -0.471 e. The molecule has 5 heterocycles. The Morgan fingerprint density at radius 3 is 2.87 bits per heavy atom. The van der Waals surface area contributed by atoms with Gasteiger partial charge in [0.25, 0.3) is 5.91 Å². The van der Waals surface area contributed by atoms with Gasteiger partial charge in [0.05, 0.1) is 23.2 Å². The zero-order valence-electron chi connectivity index (χ0n) is 16.4. The van der Waals surface area contributed by atoms with Gasteiger partial charge in [-0.05, 0) is 43.3 Å². The van der Waals surface area contributed by atoms with Crippen molar-refractivity contribution in [2.75, 3.05) is 6.54 Å². The van der Waals surface area contributed by atoms with E-state index in [9.17, 15) is 4.79 Å². The smallest absolute Gasteiger partial charge is 0.255 e. The van der Waals surface area contributed by atoms with Gasteiger partial charge in [0.2, 0.25) is 5.88 Å². The number of hydrogen-bond acceptors (Lipinski definition) is 7. The second kappa shape index (κ2) is 7.83. The second-order valence-corrected chi connectivity index (χ2v) is 8.17. The van der Waals surface area contributed by atoms with Gasteiger partial charge >= 0.3 is 0 Å². The molecule has 2 atom stereocenters. The minimum atomic E-state index is -0.131. The van der Waals surface area contributed by atoms with E-state index in [0.717, 1.165) is 23.2 Å². The van der Waals surface area contributed by atoms with Crippen LogP contribution in [0.2, 0.25) is 0 Å². The first-order valence-corrected chi connectivity index (χ1v) is 10.7. The average Bonchev–Trinajstić information content (AvgIpc) is 3.45. The van der Waals surface area contributed by atoms with Crippen molar-refractivity contribution in [3.05, 3.63) is 60.1 Å². The number of likely N-dealkylation sites (tertiary alicyclic amines) is 1. The molecule has 0 spiro atoms. The molecule has 1 amide bonds. The Hall–Kier alpha value is -3.33. The van der Waals surface area contributed by atoms with Gasteiger partial charge in [0.1, 0.15) is 11.6 Å². The van der Waals surface area contributed by atoms with Crippen molar-refractivity contribution in [3.8, 4) is 16.6 Å². The predicted molar refractivity (Wildman–Crippen MR) is 112 cm³/mol. The molecule has 8 nitrogen and oxygen atoms in total. The summed E-state index contributed by atoms with van der Waals surface area (Å²) < 4.78 is 7.93. The van der Waals surface area contributed by atoms with Crippen LogP contribution in [0.25, 0.3) is 16.2 Å². The molecule has 0 radical (unpaired) electrons.